The second-order valence-corrected chi connectivity index (χ2v) is 6.16. The molecular formula is C17H20N2OS. The number of nitrogens with one attached hydrogen (secondary N) is 1. The Bertz CT molecular complexity index is 600. The van der Waals surface area contributed by atoms with Gasteiger partial charge in [-0.25, -0.2) is 0 Å². The van der Waals surface area contributed by atoms with Crippen LogP contribution in [-0.4, -0.2) is 12.4 Å². The molecule has 1 heterocycles. The predicted molar refractivity (Wildman–Crippen MR) is 87.6 cm³/mol. The molecule has 4 heteroatoms. The van der Waals surface area contributed by atoms with Crippen LogP contribution >= 0.6 is 11.8 Å². The van der Waals surface area contributed by atoms with Gasteiger partial charge in [0, 0.05) is 16.6 Å². The summed E-state index contributed by atoms with van der Waals surface area (Å²) in [6.07, 6.45) is 0. The van der Waals surface area contributed by atoms with Crippen LogP contribution in [0.1, 0.15) is 30.0 Å². The summed E-state index contributed by atoms with van der Waals surface area (Å²) < 4.78 is 5.50. The number of fused-ring (bicyclic) bond motifs is 1. The third kappa shape index (κ3) is 2.93. The minimum Gasteiger partial charge on any atom is -0.494 e. The normalized spacial score (nSPS) is 18.3. The first-order valence-electron chi connectivity index (χ1n) is 7.24. The second-order valence-electron chi connectivity index (χ2n) is 5.10. The van der Waals surface area contributed by atoms with Gasteiger partial charge in [0.05, 0.1) is 12.6 Å². The first kappa shape index (κ1) is 14.4. The van der Waals surface area contributed by atoms with Crippen molar-refractivity contribution < 1.29 is 4.74 Å². The maximum atomic E-state index is 5.85. The van der Waals surface area contributed by atoms with E-state index in [1.807, 2.05) is 30.8 Å². The highest BCUT2D eigenvalue weighted by Crippen LogP contribution is 2.45. The largest absolute Gasteiger partial charge is 0.494 e. The molecule has 3 nitrogen and oxygen atoms in total. The smallest absolute Gasteiger partial charge is 0.119 e. The zero-order valence-electron chi connectivity index (χ0n) is 12.1. The van der Waals surface area contributed by atoms with Crippen molar-refractivity contribution in [2.24, 2.45) is 5.84 Å². The van der Waals surface area contributed by atoms with Gasteiger partial charge >= 0.3 is 0 Å². The lowest BCUT2D eigenvalue weighted by atomic mass is 9.89. The van der Waals surface area contributed by atoms with E-state index in [2.05, 4.69) is 41.8 Å². The molecule has 2 aromatic carbocycles. The van der Waals surface area contributed by atoms with Crippen LogP contribution in [-0.2, 0) is 0 Å². The van der Waals surface area contributed by atoms with Gasteiger partial charge in [-0.05, 0) is 36.2 Å². The molecule has 2 atom stereocenters. The van der Waals surface area contributed by atoms with Crippen LogP contribution in [0.25, 0.3) is 0 Å². The molecule has 110 valence electrons. The first-order chi connectivity index (χ1) is 10.3. The fourth-order valence-corrected chi connectivity index (χ4v) is 4.14. The molecule has 0 bridgehead atoms. The summed E-state index contributed by atoms with van der Waals surface area (Å²) in [5, 5.41) is 0. The van der Waals surface area contributed by atoms with Crippen LogP contribution in [0.5, 0.6) is 5.75 Å². The molecule has 2 aromatic rings. The number of ether oxygens (including phenoxy) is 1. The Kier molecular flexibility index (Phi) is 4.48. The van der Waals surface area contributed by atoms with Gasteiger partial charge in [-0.2, -0.15) is 0 Å². The van der Waals surface area contributed by atoms with Gasteiger partial charge in [0.1, 0.15) is 5.75 Å². The van der Waals surface area contributed by atoms with E-state index in [1.165, 1.54) is 16.0 Å². The monoisotopic (exact) mass is 300 g/mol. The summed E-state index contributed by atoms with van der Waals surface area (Å²) in [5.41, 5.74) is 5.58. The molecule has 0 aromatic heterocycles. The van der Waals surface area contributed by atoms with Crippen LogP contribution in [0, 0.1) is 0 Å². The molecule has 21 heavy (non-hydrogen) atoms. The molecule has 3 N–H and O–H groups in total. The van der Waals surface area contributed by atoms with Crippen LogP contribution in [0.2, 0.25) is 0 Å². The molecule has 0 fully saturated rings. The maximum absolute atomic E-state index is 5.85. The van der Waals surface area contributed by atoms with E-state index in [4.69, 9.17) is 10.6 Å². The van der Waals surface area contributed by atoms with E-state index in [9.17, 15) is 0 Å². The van der Waals surface area contributed by atoms with Gasteiger partial charge in [0.15, 0.2) is 0 Å². The van der Waals surface area contributed by atoms with E-state index < -0.39 is 0 Å². The number of benzene rings is 2. The molecular weight excluding hydrogens is 280 g/mol. The summed E-state index contributed by atoms with van der Waals surface area (Å²) in [6, 6.07) is 16.9. The van der Waals surface area contributed by atoms with Gasteiger partial charge in [-0.1, -0.05) is 30.3 Å². The van der Waals surface area contributed by atoms with Gasteiger partial charge in [0.25, 0.3) is 0 Å². The van der Waals surface area contributed by atoms with E-state index in [0.717, 1.165) is 11.5 Å². The Morgan fingerprint density at radius 2 is 2.00 bits per heavy atom. The van der Waals surface area contributed by atoms with E-state index in [1.54, 1.807) is 0 Å². The van der Waals surface area contributed by atoms with E-state index in [-0.39, 0.29) is 6.04 Å². The minimum absolute atomic E-state index is 0.122. The third-order valence-electron chi connectivity index (χ3n) is 3.87. The summed E-state index contributed by atoms with van der Waals surface area (Å²) in [5.74, 6) is 8.20. The Morgan fingerprint density at radius 1 is 1.24 bits per heavy atom. The van der Waals surface area contributed by atoms with Gasteiger partial charge in [-0.3, -0.25) is 11.3 Å². The number of hydrogen-bond donors (Lipinski definition) is 2. The molecule has 0 saturated carbocycles. The van der Waals surface area contributed by atoms with Crippen molar-refractivity contribution in [2.45, 2.75) is 23.8 Å². The maximum Gasteiger partial charge on any atom is 0.119 e. The lowest BCUT2D eigenvalue weighted by Crippen LogP contribution is -2.32. The lowest BCUT2D eigenvalue weighted by Gasteiger charge is -2.24. The van der Waals surface area contributed by atoms with Crippen LogP contribution in [0.3, 0.4) is 0 Å². The SMILES string of the molecule is CCOc1ccc(C(NN)C2CSc3ccccc32)cc1. The Labute approximate surface area is 129 Å². The van der Waals surface area contributed by atoms with Gasteiger partial charge < -0.3 is 4.74 Å². The first-order valence-corrected chi connectivity index (χ1v) is 8.22. The Balaban J connectivity index is 1.85. The van der Waals surface area contributed by atoms with E-state index >= 15 is 0 Å². The minimum atomic E-state index is 0.122. The fraction of sp³-hybridized carbons (Fsp3) is 0.294. The zero-order chi connectivity index (χ0) is 14.7. The molecule has 0 saturated heterocycles. The highest BCUT2D eigenvalue weighted by molar-refractivity contribution is 7.99. The fourth-order valence-electron chi connectivity index (χ4n) is 2.85. The predicted octanol–water partition coefficient (Wildman–Crippen LogP) is 3.48. The number of thioether (sulfide) groups is 1. The summed E-state index contributed by atoms with van der Waals surface area (Å²) in [4.78, 5) is 1.37. The lowest BCUT2D eigenvalue weighted by molar-refractivity contribution is 0.340. The average molecular weight is 300 g/mol. The van der Waals surface area contributed by atoms with Crippen molar-refractivity contribution in [3.05, 3.63) is 59.7 Å². The topological polar surface area (TPSA) is 47.3 Å². The Morgan fingerprint density at radius 3 is 2.71 bits per heavy atom. The number of rotatable bonds is 5. The summed E-state index contributed by atoms with van der Waals surface area (Å²) >= 11 is 1.91. The molecule has 0 amide bonds. The van der Waals surface area contributed by atoms with Crippen molar-refractivity contribution in [3.8, 4) is 5.75 Å². The molecule has 0 radical (unpaired) electrons. The van der Waals surface area contributed by atoms with E-state index in [0.29, 0.717) is 12.5 Å². The number of hydrazine groups is 1. The van der Waals surface area contributed by atoms with Crippen molar-refractivity contribution in [1.29, 1.82) is 0 Å². The van der Waals surface area contributed by atoms with Crippen LogP contribution < -0.4 is 16.0 Å². The second kappa shape index (κ2) is 6.52. The van der Waals surface area contributed by atoms with Crippen molar-refractivity contribution in [3.63, 3.8) is 0 Å². The van der Waals surface area contributed by atoms with Crippen LogP contribution in [0.4, 0.5) is 0 Å². The van der Waals surface area contributed by atoms with Crippen molar-refractivity contribution in [2.75, 3.05) is 12.4 Å². The molecule has 3 rings (SSSR count). The quantitative estimate of drug-likeness (QED) is 0.655. The highest BCUT2D eigenvalue weighted by atomic mass is 32.2. The van der Waals surface area contributed by atoms with Gasteiger partial charge in [0.2, 0.25) is 0 Å². The summed E-state index contributed by atoms with van der Waals surface area (Å²) in [7, 11) is 0. The van der Waals surface area contributed by atoms with Crippen molar-refractivity contribution >= 4 is 11.8 Å². The summed E-state index contributed by atoms with van der Waals surface area (Å²) in [6.45, 7) is 2.68. The molecule has 1 aliphatic rings. The molecule has 1 aliphatic heterocycles. The van der Waals surface area contributed by atoms with Gasteiger partial charge in [-0.15, -0.1) is 11.8 Å². The molecule has 0 aliphatic carbocycles. The third-order valence-corrected chi connectivity index (χ3v) is 5.08. The molecule has 0 spiro atoms. The van der Waals surface area contributed by atoms with Crippen molar-refractivity contribution in [1.82, 2.24) is 5.43 Å². The zero-order valence-corrected chi connectivity index (χ0v) is 12.9. The standard InChI is InChI=1S/C17H20N2OS/c1-2-20-13-9-7-12(8-10-13)17(19-18)15-11-21-16-6-4-3-5-14(15)16/h3-10,15,17,19H,2,11,18H2,1H3. The highest BCUT2D eigenvalue weighted by Gasteiger charge is 2.30. The van der Waals surface area contributed by atoms with Crippen LogP contribution in [0.15, 0.2) is 53.4 Å². The Hall–Kier alpha value is -1.49. The average Bonchev–Trinajstić information content (AvgIpc) is 2.94. The number of hydrogen-bond acceptors (Lipinski definition) is 4. The number of nitrogens with two attached hydrogens (primary N) is 1. The molecule has 2 unspecified atom stereocenters.